The van der Waals surface area contributed by atoms with Crippen LogP contribution in [-0.4, -0.2) is 30.0 Å². The highest BCUT2D eigenvalue weighted by Crippen LogP contribution is 2.31. The van der Waals surface area contributed by atoms with E-state index in [4.69, 9.17) is 4.74 Å². The number of benzene rings is 1. The normalized spacial score (nSPS) is 25.5. The van der Waals surface area contributed by atoms with E-state index in [0.29, 0.717) is 5.75 Å². The zero-order valence-corrected chi connectivity index (χ0v) is 8.60. The van der Waals surface area contributed by atoms with Crippen LogP contribution in [0.25, 0.3) is 0 Å². The number of rotatable bonds is 2. The Balaban J connectivity index is 2.25. The van der Waals surface area contributed by atoms with Crippen LogP contribution in [0.5, 0.6) is 11.5 Å². The third-order valence-electron chi connectivity index (χ3n) is 2.75. The number of hydrogen-bond acceptors (Lipinski definition) is 4. The summed E-state index contributed by atoms with van der Waals surface area (Å²) in [6.07, 6.45) is 0.370. The highest BCUT2D eigenvalue weighted by molar-refractivity contribution is 5.43. The van der Waals surface area contributed by atoms with Gasteiger partial charge in [-0.2, -0.15) is 0 Å². The summed E-state index contributed by atoms with van der Waals surface area (Å²) in [6, 6.07) is 5.11. The average Bonchev–Trinajstić information content (AvgIpc) is 2.64. The predicted molar refractivity (Wildman–Crippen MR) is 56.0 cm³/mol. The molecule has 0 aliphatic carbocycles. The van der Waals surface area contributed by atoms with Gasteiger partial charge in [-0.1, -0.05) is 6.07 Å². The molecule has 1 aromatic rings. The van der Waals surface area contributed by atoms with Gasteiger partial charge in [-0.05, 0) is 30.7 Å². The van der Waals surface area contributed by atoms with Crippen molar-refractivity contribution in [2.45, 2.75) is 18.6 Å². The van der Waals surface area contributed by atoms with Crippen LogP contribution in [0.3, 0.4) is 0 Å². The molecule has 4 nitrogen and oxygen atoms in total. The van der Waals surface area contributed by atoms with Crippen LogP contribution in [0.1, 0.15) is 18.0 Å². The van der Waals surface area contributed by atoms with Crippen molar-refractivity contribution in [2.24, 2.45) is 0 Å². The number of nitrogens with one attached hydrogen (secondary N) is 1. The molecule has 2 unspecified atom stereocenters. The average molecular weight is 209 g/mol. The Morgan fingerprint density at radius 2 is 2.27 bits per heavy atom. The monoisotopic (exact) mass is 209 g/mol. The van der Waals surface area contributed by atoms with Gasteiger partial charge in [0.15, 0.2) is 11.5 Å². The third-order valence-corrected chi connectivity index (χ3v) is 2.75. The first-order valence-corrected chi connectivity index (χ1v) is 5.00. The molecule has 1 aliphatic rings. The molecule has 0 aromatic heterocycles. The molecule has 0 amide bonds. The Labute approximate surface area is 88.5 Å². The van der Waals surface area contributed by atoms with Crippen LogP contribution in [0.2, 0.25) is 0 Å². The van der Waals surface area contributed by atoms with Crippen molar-refractivity contribution in [1.29, 1.82) is 0 Å². The molecule has 1 saturated heterocycles. The summed E-state index contributed by atoms with van der Waals surface area (Å²) >= 11 is 0. The minimum Gasteiger partial charge on any atom is -0.504 e. The van der Waals surface area contributed by atoms with Gasteiger partial charge in [-0.3, -0.25) is 0 Å². The lowest BCUT2D eigenvalue weighted by Gasteiger charge is -2.16. The summed E-state index contributed by atoms with van der Waals surface area (Å²) in [5.74, 6) is 0.558. The lowest BCUT2D eigenvalue weighted by atomic mass is 10.0. The van der Waals surface area contributed by atoms with E-state index in [-0.39, 0.29) is 17.9 Å². The minimum absolute atomic E-state index is 0.0817. The van der Waals surface area contributed by atoms with Crippen LogP contribution < -0.4 is 10.1 Å². The number of phenols is 1. The van der Waals surface area contributed by atoms with E-state index in [1.807, 2.05) is 6.07 Å². The van der Waals surface area contributed by atoms with Gasteiger partial charge in [0.1, 0.15) is 0 Å². The summed E-state index contributed by atoms with van der Waals surface area (Å²) in [6.45, 7) is 0.804. The van der Waals surface area contributed by atoms with Crippen molar-refractivity contribution < 1.29 is 14.9 Å². The quantitative estimate of drug-likeness (QED) is 0.674. The smallest absolute Gasteiger partial charge is 0.160 e. The van der Waals surface area contributed by atoms with Crippen molar-refractivity contribution in [3.63, 3.8) is 0 Å². The Morgan fingerprint density at radius 3 is 2.80 bits per heavy atom. The molecule has 0 saturated carbocycles. The van der Waals surface area contributed by atoms with Gasteiger partial charge in [-0.25, -0.2) is 0 Å². The van der Waals surface area contributed by atoms with Crippen LogP contribution in [0.15, 0.2) is 18.2 Å². The van der Waals surface area contributed by atoms with E-state index in [0.717, 1.165) is 18.5 Å². The number of aliphatic hydroxyl groups is 1. The van der Waals surface area contributed by atoms with E-state index in [1.54, 1.807) is 12.1 Å². The summed E-state index contributed by atoms with van der Waals surface area (Å²) in [7, 11) is 1.51. The fourth-order valence-electron chi connectivity index (χ4n) is 1.93. The summed E-state index contributed by atoms with van der Waals surface area (Å²) in [4.78, 5) is 0. The highest BCUT2D eigenvalue weighted by atomic mass is 16.5. The van der Waals surface area contributed by atoms with Gasteiger partial charge >= 0.3 is 0 Å². The van der Waals surface area contributed by atoms with Crippen molar-refractivity contribution in [1.82, 2.24) is 5.32 Å². The summed E-state index contributed by atoms with van der Waals surface area (Å²) in [5.41, 5.74) is 0.887. The third kappa shape index (κ3) is 1.91. The second-order valence-electron chi connectivity index (χ2n) is 3.72. The summed E-state index contributed by atoms with van der Waals surface area (Å²) in [5, 5.41) is 22.5. The Hall–Kier alpha value is -1.26. The number of hydrogen-bond donors (Lipinski definition) is 3. The highest BCUT2D eigenvalue weighted by Gasteiger charge is 2.26. The molecular weight excluding hydrogens is 194 g/mol. The van der Waals surface area contributed by atoms with Gasteiger partial charge < -0.3 is 20.3 Å². The topological polar surface area (TPSA) is 61.7 Å². The van der Waals surface area contributed by atoms with Crippen molar-refractivity contribution in [3.05, 3.63) is 23.8 Å². The minimum atomic E-state index is -0.377. The first-order valence-electron chi connectivity index (χ1n) is 5.00. The van der Waals surface area contributed by atoms with Gasteiger partial charge in [0.05, 0.1) is 19.3 Å². The maximum absolute atomic E-state index is 9.68. The first-order chi connectivity index (χ1) is 7.22. The van der Waals surface area contributed by atoms with Crippen molar-refractivity contribution in [2.75, 3.05) is 13.7 Å². The van der Waals surface area contributed by atoms with E-state index in [9.17, 15) is 10.2 Å². The second kappa shape index (κ2) is 4.08. The summed E-state index contributed by atoms with van der Waals surface area (Å²) < 4.78 is 4.96. The maximum atomic E-state index is 9.68. The fourth-order valence-corrected chi connectivity index (χ4v) is 1.93. The molecule has 2 atom stereocenters. The van der Waals surface area contributed by atoms with Crippen LogP contribution in [0.4, 0.5) is 0 Å². The van der Waals surface area contributed by atoms with Crippen LogP contribution in [0, 0.1) is 0 Å². The molecule has 3 N–H and O–H groups in total. The van der Waals surface area contributed by atoms with E-state index >= 15 is 0 Å². The van der Waals surface area contributed by atoms with Crippen LogP contribution in [-0.2, 0) is 0 Å². The molecule has 2 rings (SSSR count). The first kappa shape index (κ1) is 10.3. The SMILES string of the molecule is COc1ccc(C2NCCC2O)cc1O. The standard InChI is InChI=1S/C11H15NO3/c1-15-10-3-2-7(6-9(10)14)11-8(13)4-5-12-11/h2-3,6,8,11-14H,4-5H2,1H3. The van der Waals surface area contributed by atoms with Crippen molar-refractivity contribution in [3.8, 4) is 11.5 Å². The van der Waals surface area contributed by atoms with Gasteiger partial charge in [-0.15, -0.1) is 0 Å². The van der Waals surface area contributed by atoms with Crippen molar-refractivity contribution >= 4 is 0 Å². The maximum Gasteiger partial charge on any atom is 0.160 e. The van der Waals surface area contributed by atoms with E-state index in [2.05, 4.69) is 5.32 Å². The van der Waals surface area contributed by atoms with E-state index < -0.39 is 0 Å². The largest absolute Gasteiger partial charge is 0.504 e. The number of aromatic hydroxyl groups is 1. The fraction of sp³-hybridized carbons (Fsp3) is 0.455. The predicted octanol–water partition coefficient (Wildman–Crippen LogP) is 0.796. The molecule has 4 heteroatoms. The van der Waals surface area contributed by atoms with Crippen LogP contribution >= 0.6 is 0 Å². The van der Waals surface area contributed by atoms with Gasteiger partial charge in [0.2, 0.25) is 0 Å². The molecule has 15 heavy (non-hydrogen) atoms. The molecule has 1 heterocycles. The van der Waals surface area contributed by atoms with E-state index in [1.165, 1.54) is 7.11 Å². The molecule has 0 radical (unpaired) electrons. The molecule has 1 fully saturated rings. The lowest BCUT2D eigenvalue weighted by Crippen LogP contribution is -2.20. The molecule has 0 spiro atoms. The molecule has 82 valence electrons. The van der Waals surface area contributed by atoms with Gasteiger partial charge in [0, 0.05) is 0 Å². The number of aliphatic hydroxyl groups excluding tert-OH is 1. The number of phenolic OH excluding ortho intramolecular Hbond substituents is 1. The molecule has 1 aliphatic heterocycles. The zero-order chi connectivity index (χ0) is 10.8. The lowest BCUT2D eigenvalue weighted by molar-refractivity contribution is 0.160. The number of ether oxygens (including phenoxy) is 1. The Kier molecular flexibility index (Phi) is 2.79. The number of methoxy groups -OCH3 is 1. The zero-order valence-electron chi connectivity index (χ0n) is 8.60. The molecular formula is C11H15NO3. The second-order valence-corrected chi connectivity index (χ2v) is 3.72. The Morgan fingerprint density at radius 1 is 1.47 bits per heavy atom. The Bertz CT molecular complexity index is 354. The molecule has 1 aromatic carbocycles. The molecule has 0 bridgehead atoms. The van der Waals surface area contributed by atoms with Gasteiger partial charge in [0.25, 0.3) is 0 Å².